The van der Waals surface area contributed by atoms with Crippen molar-refractivity contribution >= 4 is 28.9 Å². The van der Waals surface area contributed by atoms with Gasteiger partial charge >= 0.3 is 0 Å². The molecule has 2 aromatic rings. The number of carbonyl (C=O) groups is 2. The summed E-state index contributed by atoms with van der Waals surface area (Å²) in [5, 5.41) is 9.03. The lowest BCUT2D eigenvalue weighted by atomic mass is 10.1. The van der Waals surface area contributed by atoms with Gasteiger partial charge in [-0.15, -0.1) is 0 Å². The zero-order chi connectivity index (χ0) is 19.1. The summed E-state index contributed by atoms with van der Waals surface area (Å²) < 4.78 is 0. The van der Waals surface area contributed by atoms with Crippen LogP contribution in [0.5, 0.6) is 0 Å². The molecule has 138 valence electrons. The van der Waals surface area contributed by atoms with Crippen molar-refractivity contribution in [2.75, 3.05) is 22.5 Å². The molecule has 0 atom stereocenters. The van der Waals surface area contributed by atoms with Gasteiger partial charge in [-0.2, -0.15) is 0 Å². The smallest absolute Gasteiger partial charge is 0.243 e. The van der Waals surface area contributed by atoms with Gasteiger partial charge in [-0.05, 0) is 49.1 Å². The van der Waals surface area contributed by atoms with Crippen LogP contribution in [0.2, 0.25) is 0 Å². The van der Waals surface area contributed by atoms with Crippen LogP contribution in [-0.4, -0.2) is 18.4 Å². The van der Waals surface area contributed by atoms with Crippen molar-refractivity contribution in [3.8, 4) is 0 Å². The summed E-state index contributed by atoms with van der Waals surface area (Å²) in [6, 6.07) is 11.6. The molecule has 5 heteroatoms. The molecule has 0 saturated heterocycles. The van der Waals surface area contributed by atoms with Crippen LogP contribution in [0, 0.1) is 13.8 Å². The third kappa shape index (κ3) is 4.85. The Hall–Kier alpha value is -2.82. The Morgan fingerprint density at radius 2 is 1.58 bits per heavy atom. The number of aryl methyl sites for hydroxylation is 2. The molecule has 26 heavy (non-hydrogen) atoms. The normalized spacial score (nSPS) is 10.3. The lowest BCUT2D eigenvalue weighted by molar-refractivity contribution is -0.116. The average molecular weight is 353 g/mol. The third-order valence-corrected chi connectivity index (χ3v) is 4.37. The molecule has 0 heterocycles. The summed E-state index contributed by atoms with van der Waals surface area (Å²) in [6.45, 7) is 7.95. The second kappa shape index (κ2) is 9.04. The molecule has 0 fully saturated rings. The molecule has 0 saturated carbocycles. The quantitative estimate of drug-likeness (QED) is 0.696. The molecule has 0 aliphatic carbocycles. The van der Waals surface area contributed by atoms with Crippen LogP contribution in [0.4, 0.5) is 17.1 Å². The van der Waals surface area contributed by atoms with Crippen LogP contribution in [0.1, 0.15) is 37.0 Å². The predicted octanol–water partition coefficient (Wildman–Crippen LogP) is 4.26. The molecule has 3 N–H and O–H groups in total. The highest BCUT2D eigenvalue weighted by molar-refractivity contribution is 5.96. The molecule has 0 bridgehead atoms. The maximum Gasteiger partial charge on any atom is 0.243 e. The van der Waals surface area contributed by atoms with Crippen LogP contribution in [-0.2, 0) is 16.0 Å². The number of benzene rings is 2. The van der Waals surface area contributed by atoms with Gasteiger partial charge in [0.15, 0.2) is 0 Å². The number of hydrogen-bond acceptors (Lipinski definition) is 3. The highest BCUT2D eigenvalue weighted by atomic mass is 16.2. The molecule has 2 amide bonds. The van der Waals surface area contributed by atoms with E-state index in [1.165, 1.54) is 0 Å². The molecule has 0 unspecified atom stereocenters. The number of nitrogens with one attached hydrogen (secondary N) is 3. The van der Waals surface area contributed by atoms with Crippen LogP contribution >= 0.6 is 0 Å². The molecule has 2 rings (SSSR count). The van der Waals surface area contributed by atoms with Crippen molar-refractivity contribution in [2.24, 2.45) is 0 Å². The van der Waals surface area contributed by atoms with E-state index in [1.807, 2.05) is 57.2 Å². The van der Waals surface area contributed by atoms with Crippen LogP contribution < -0.4 is 16.0 Å². The van der Waals surface area contributed by atoms with Gasteiger partial charge in [0.2, 0.25) is 11.8 Å². The minimum absolute atomic E-state index is 0.0327. The minimum atomic E-state index is -0.101. The highest BCUT2D eigenvalue weighted by Crippen LogP contribution is 2.24. The van der Waals surface area contributed by atoms with E-state index in [4.69, 9.17) is 0 Å². The Bertz CT molecular complexity index is 800. The largest absolute Gasteiger partial charge is 0.376 e. The molecule has 2 aromatic carbocycles. The Morgan fingerprint density at radius 1 is 0.885 bits per heavy atom. The van der Waals surface area contributed by atoms with Gasteiger partial charge in [-0.25, -0.2) is 0 Å². The van der Waals surface area contributed by atoms with E-state index in [-0.39, 0.29) is 18.4 Å². The minimum Gasteiger partial charge on any atom is -0.376 e. The van der Waals surface area contributed by atoms with E-state index in [0.717, 1.165) is 40.2 Å². The van der Waals surface area contributed by atoms with Gasteiger partial charge in [-0.3, -0.25) is 9.59 Å². The Labute approximate surface area is 155 Å². The molecular weight excluding hydrogens is 326 g/mol. The lowest BCUT2D eigenvalue weighted by Crippen LogP contribution is -2.23. The van der Waals surface area contributed by atoms with Crippen LogP contribution in [0.15, 0.2) is 36.4 Å². The van der Waals surface area contributed by atoms with Crippen molar-refractivity contribution in [2.45, 2.75) is 40.5 Å². The number of hydrogen-bond donors (Lipinski definition) is 3. The second-order valence-electron chi connectivity index (χ2n) is 6.24. The van der Waals surface area contributed by atoms with E-state index in [1.54, 1.807) is 0 Å². The van der Waals surface area contributed by atoms with Gasteiger partial charge < -0.3 is 16.0 Å². The standard InChI is InChI=1S/C21H27N3O2/c1-5-16-10-7-9-14(3)21(16)24-20(26)13-22-17-11-8-12-18(15(17)4)23-19(25)6-2/h7-12,22H,5-6,13H2,1-4H3,(H,23,25)(H,24,26). The molecule has 0 aromatic heterocycles. The van der Waals surface area contributed by atoms with Crippen molar-refractivity contribution in [1.82, 2.24) is 0 Å². The molecule has 0 aliphatic rings. The van der Waals surface area contributed by atoms with Gasteiger partial charge in [0.25, 0.3) is 0 Å². The van der Waals surface area contributed by atoms with Crippen molar-refractivity contribution in [3.05, 3.63) is 53.1 Å². The van der Waals surface area contributed by atoms with Crippen molar-refractivity contribution in [3.63, 3.8) is 0 Å². The van der Waals surface area contributed by atoms with E-state index < -0.39 is 0 Å². The van der Waals surface area contributed by atoms with E-state index in [0.29, 0.717) is 6.42 Å². The fourth-order valence-electron chi connectivity index (χ4n) is 2.76. The summed E-state index contributed by atoms with van der Waals surface area (Å²) in [6.07, 6.45) is 1.29. The SMILES string of the molecule is CCC(=O)Nc1cccc(NCC(=O)Nc2c(C)cccc2CC)c1C. The Morgan fingerprint density at radius 3 is 2.27 bits per heavy atom. The van der Waals surface area contributed by atoms with Crippen LogP contribution in [0.3, 0.4) is 0 Å². The fourth-order valence-corrected chi connectivity index (χ4v) is 2.76. The van der Waals surface area contributed by atoms with Crippen LogP contribution in [0.25, 0.3) is 0 Å². The number of carbonyl (C=O) groups excluding carboxylic acids is 2. The van der Waals surface area contributed by atoms with E-state index >= 15 is 0 Å². The van der Waals surface area contributed by atoms with Gasteiger partial charge in [0, 0.05) is 23.5 Å². The molecular formula is C21H27N3O2. The first kappa shape index (κ1) is 19.5. The third-order valence-electron chi connectivity index (χ3n) is 4.37. The van der Waals surface area contributed by atoms with Gasteiger partial charge in [0.05, 0.1) is 6.54 Å². The summed E-state index contributed by atoms with van der Waals surface area (Å²) in [5.74, 6) is -0.133. The topological polar surface area (TPSA) is 70.2 Å². The maximum atomic E-state index is 12.4. The van der Waals surface area contributed by atoms with Gasteiger partial charge in [-0.1, -0.05) is 38.1 Å². The zero-order valence-electron chi connectivity index (χ0n) is 15.9. The van der Waals surface area contributed by atoms with E-state index in [9.17, 15) is 9.59 Å². The summed E-state index contributed by atoms with van der Waals surface area (Å²) >= 11 is 0. The monoisotopic (exact) mass is 353 g/mol. The fraction of sp³-hybridized carbons (Fsp3) is 0.333. The summed E-state index contributed by atoms with van der Waals surface area (Å²) in [7, 11) is 0. The van der Waals surface area contributed by atoms with E-state index in [2.05, 4.69) is 22.9 Å². The molecule has 0 aliphatic heterocycles. The number of para-hydroxylation sites is 1. The molecule has 5 nitrogen and oxygen atoms in total. The molecule has 0 spiro atoms. The Kier molecular flexibility index (Phi) is 6.78. The van der Waals surface area contributed by atoms with Crippen molar-refractivity contribution < 1.29 is 9.59 Å². The number of anilines is 3. The average Bonchev–Trinajstić information content (AvgIpc) is 2.63. The highest BCUT2D eigenvalue weighted by Gasteiger charge is 2.10. The molecule has 0 radical (unpaired) electrons. The summed E-state index contributed by atoms with van der Waals surface area (Å²) in [5.41, 5.74) is 5.57. The predicted molar refractivity (Wildman–Crippen MR) is 108 cm³/mol. The maximum absolute atomic E-state index is 12.4. The zero-order valence-corrected chi connectivity index (χ0v) is 15.9. The number of amides is 2. The first-order valence-corrected chi connectivity index (χ1v) is 8.97. The van der Waals surface area contributed by atoms with Gasteiger partial charge in [0.1, 0.15) is 0 Å². The lowest BCUT2D eigenvalue weighted by Gasteiger charge is -2.16. The van der Waals surface area contributed by atoms with Crippen molar-refractivity contribution in [1.29, 1.82) is 0 Å². The number of rotatable bonds is 7. The second-order valence-corrected chi connectivity index (χ2v) is 6.24. The summed E-state index contributed by atoms with van der Waals surface area (Å²) in [4.78, 5) is 24.0. The first-order valence-electron chi connectivity index (χ1n) is 8.97. The Balaban J connectivity index is 2.04. The first-order chi connectivity index (χ1) is 12.5.